The number of benzene rings is 2. The minimum atomic E-state index is -2.29. The highest BCUT2D eigenvalue weighted by atomic mass is 28.3. The highest BCUT2D eigenvalue weighted by Crippen LogP contribution is 2.45. The summed E-state index contributed by atoms with van der Waals surface area (Å²) < 4.78 is 59.7. The minimum Gasteiger partial charge on any atom is -0.508 e. The van der Waals surface area contributed by atoms with Gasteiger partial charge in [-0.1, -0.05) is 53.5 Å². The van der Waals surface area contributed by atoms with E-state index in [1.54, 1.807) is 6.07 Å². The van der Waals surface area contributed by atoms with E-state index in [0.717, 1.165) is 32.2 Å². The van der Waals surface area contributed by atoms with Crippen LogP contribution in [0, 0.1) is 23.1 Å². The molecule has 0 bridgehead atoms. The first-order chi connectivity index (χ1) is 24.8. The van der Waals surface area contributed by atoms with Gasteiger partial charge in [0.25, 0.3) is 0 Å². The van der Waals surface area contributed by atoms with Crippen LogP contribution in [0.1, 0.15) is 79.2 Å². The van der Waals surface area contributed by atoms with E-state index >= 15 is 8.78 Å². The summed E-state index contributed by atoms with van der Waals surface area (Å²) in [6, 6.07) is 5.87. The number of pyridine rings is 1. The number of halogens is 3. The lowest BCUT2D eigenvalue weighted by atomic mass is 9.95. The monoisotopic (exact) mass is 731 g/mol. The zero-order valence-electron chi connectivity index (χ0n) is 31.0. The second-order valence-electron chi connectivity index (χ2n) is 15.8. The van der Waals surface area contributed by atoms with Crippen molar-refractivity contribution in [3.8, 4) is 40.4 Å². The van der Waals surface area contributed by atoms with Gasteiger partial charge in [0.05, 0.1) is 18.2 Å². The first-order valence-electron chi connectivity index (χ1n) is 18.5. The molecule has 52 heavy (non-hydrogen) atoms. The van der Waals surface area contributed by atoms with E-state index in [1.807, 2.05) is 0 Å². The average Bonchev–Trinajstić information content (AvgIpc) is 3.74. The van der Waals surface area contributed by atoms with Crippen LogP contribution in [-0.4, -0.2) is 77.6 Å². The number of phenolic OH excluding ortho intramolecular Hbond substituents is 1. The largest absolute Gasteiger partial charge is 0.508 e. The summed E-state index contributed by atoms with van der Waals surface area (Å²) in [5.41, 5.74) is 4.08. The SMILES string of the molecule is COc1nc(-c2cc(O)cc3ccc(F)c(C#C[Si](C(C)C)(C(C)C)C(C)C)c23)c(F)c2nc(OC[C@@]34CCCN3CC(F)C4)nc(NC3CC3)c12. The Balaban J connectivity index is 1.42. The number of methoxy groups -OCH3 is 1. The quantitative estimate of drug-likeness (QED) is 0.123. The molecule has 1 saturated carbocycles. The maximum atomic E-state index is 17.2. The highest BCUT2D eigenvalue weighted by molar-refractivity contribution is 6.90. The number of fused-ring (bicyclic) bond motifs is 3. The van der Waals surface area contributed by atoms with Crippen molar-refractivity contribution in [3.05, 3.63) is 41.5 Å². The number of aromatic hydroxyl groups is 1. The van der Waals surface area contributed by atoms with Gasteiger partial charge in [0.2, 0.25) is 5.88 Å². The van der Waals surface area contributed by atoms with Gasteiger partial charge in [-0.25, -0.2) is 18.2 Å². The number of hydrogen-bond acceptors (Lipinski definition) is 8. The van der Waals surface area contributed by atoms with Gasteiger partial charge in [0, 0.05) is 30.0 Å². The van der Waals surface area contributed by atoms with Gasteiger partial charge < -0.3 is 19.9 Å². The van der Waals surface area contributed by atoms with Crippen LogP contribution < -0.4 is 14.8 Å². The number of aromatic nitrogens is 3. The van der Waals surface area contributed by atoms with Gasteiger partial charge in [-0.3, -0.25) is 4.90 Å². The molecule has 3 fully saturated rings. The number of rotatable bonds is 10. The normalized spacial score (nSPS) is 20.6. The van der Waals surface area contributed by atoms with Crippen molar-refractivity contribution in [2.24, 2.45) is 0 Å². The van der Waals surface area contributed by atoms with E-state index in [-0.39, 0.29) is 58.0 Å². The summed E-state index contributed by atoms with van der Waals surface area (Å²) in [4.78, 5) is 16.0. The summed E-state index contributed by atoms with van der Waals surface area (Å²) in [7, 11) is -0.858. The molecule has 2 aromatic heterocycles. The Morgan fingerprint density at radius 3 is 2.44 bits per heavy atom. The molecule has 2 aromatic carbocycles. The molecule has 3 aliphatic rings. The van der Waals surface area contributed by atoms with Crippen molar-refractivity contribution in [1.82, 2.24) is 19.9 Å². The van der Waals surface area contributed by atoms with Gasteiger partial charge in [0.15, 0.2) is 5.82 Å². The smallest absolute Gasteiger partial charge is 0.319 e. The zero-order chi connectivity index (χ0) is 37.1. The molecule has 0 spiro atoms. The Morgan fingerprint density at radius 2 is 1.77 bits per heavy atom. The molecule has 2 saturated heterocycles. The lowest BCUT2D eigenvalue weighted by Gasteiger charge is -2.38. The Labute approximate surface area is 304 Å². The highest BCUT2D eigenvalue weighted by Gasteiger charge is 2.49. The lowest BCUT2D eigenvalue weighted by Crippen LogP contribution is -2.43. The predicted octanol–water partition coefficient (Wildman–Crippen LogP) is 8.94. The third-order valence-corrected chi connectivity index (χ3v) is 17.9. The van der Waals surface area contributed by atoms with Crippen molar-refractivity contribution in [2.75, 3.05) is 32.1 Å². The maximum Gasteiger partial charge on any atom is 0.319 e. The molecule has 2 atom stereocenters. The topological polar surface area (TPSA) is 92.6 Å². The first kappa shape index (κ1) is 36.3. The third kappa shape index (κ3) is 6.23. The van der Waals surface area contributed by atoms with Crippen molar-refractivity contribution in [3.63, 3.8) is 0 Å². The second kappa shape index (κ2) is 13.7. The summed E-state index contributed by atoms with van der Waals surface area (Å²) in [6.07, 6.45) is 3.03. The van der Waals surface area contributed by atoms with Gasteiger partial charge >= 0.3 is 6.01 Å². The van der Waals surface area contributed by atoms with Crippen LogP contribution in [0.25, 0.3) is 32.9 Å². The number of hydrogen-bond donors (Lipinski definition) is 2. The van der Waals surface area contributed by atoms with Crippen LogP contribution in [0.5, 0.6) is 17.6 Å². The van der Waals surface area contributed by atoms with E-state index in [4.69, 9.17) is 9.47 Å². The minimum absolute atomic E-state index is 0.0481. The number of phenols is 1. The van der Waals surface area contributed by atoms with Crippen molar-refractivity contribution in [2.45, 2.75) is 108 Å². The van der Waals surface area contributed by atoms with Crippen LogP contribution in [0.3, 0.4) is 0 Å². The molecule has 276 valence electrons. The van der Waals surface area contributed by atoms with Crippen LogP contribution >= 0.6 is 0 Å². The van der Waals surface area contributed by atoms with E-state index in [9.17, 15) is 9.50 Å². The average molecular weight is 732 g/mol. The third-order valence-electron chi connectivity index (χ3n) is 11.7. The summed E-state index contributed by atoms with van der Waals surface area (Å²) in [5.74, 6) is 2.14. The predicted molar refractivity (Wildman–Crippen MR) is 202 cm³/mol. The van der Waals surface area contributed by atoms with E-state index in [1.165, 1.54) is 25.3 Å². The Hall–Kier alpha value is -4.08. The standard InChI is InChI=1S/C40H48F3N5O3Si/c1-22(2)52(23(3)4,24(5)6)16-13-29-31(42)12-9-25-17-28(49)18-30(32(25)29)35-34(43)36-33(38(45-35)50-7)37(44-27-10-11-27)47-39(46-36)51-21-40-14-8-15-48(40)20-26(41)19-40/h9,12,17-18,22-24,26-27,49H,8,10-11,14-15,19-21H2,1-7H3,(H,44,46,47)/t26?,40-/m0/s1. The fourth-order valence-corrected chi connectivity index (χ4v) is 14.2. The molecule has 0 radical (unpaired) electrons. The van der Waals surface area contributed by atoms with E-state index in [0.29, 0.717) is 46.2 Å². The summed E-state index contributed by atoms with van der Waals surface area (Å²) in [6.45, 7) is 14.5. The molecule has 8 nitrogen and oxygen atoms in total. The molecule has 7 rings (SSSR count). The van der Waals surface area contributed by atoms with Gasteiger partial charge in [0.1, 0.15) is 54.8 Å². The Bertz CT molecular complexity index is 2070. The van der Waals surface area contributed by atoms with Crippen LogP contribution in [-0.2, 0) is 0 Å². The van der Waals surface area contributed by atoms with Gasteiger partial charge in [-0.15, -0.1) is 5.54 Å². The fraction of sp³-hybridized carbons (Fsp3) is 0.525. The second-order valence-corrected chi connectivity index (χ2v) is 21.4. The Morgan fingerprint density at radius 1 is 1.04 bits per heavy atom. The lowest BCUT2D eigenvalue weighted by molar-refractivity contribution is 0.107. The number of ether oxygens (including phenoxy) is 2. The van der Waals surface area contributed by atoms with E-state index in [2.05, 4.69) is 78.2 Å². The van der Waals surface area contributed by atoms with Crippen LogP contribution in [0.2, 0.25) is 16.6 Å². The summed E-state index contributed by atoms with van der Waals surface area (Å²) in [5, 5.41) is 15.3. The van der Waals surface area contributed by atoms with Crippen LogP contribution in [0.4, 0.5) is 19.0 Å². The van der Waals surface area contributed by atoms with Crippen molar-refractivity contribution < 1.29 is 27.8 Å². The number of nitrogens with one attached hydrogen (secondary N) is 1. The molecule has 1 unspecified atom stereocenters. The Kier molecular flexibility index (Phi) is 9.57. The van der Waals surface area contributed by atoms with Gasteiger partial charge in [-0.05, 0) is 72.4 Å². The molecule has 0 amide bonds. The summed E-state index contributed by atoms with van der Waals surface area (Å²) >= 11 is 0. The fourth-order valence-electron chi connectivity index (χ4n) is 9.02. The number of alkyl halides is 1. The molecule has 12 heteroatoms. The molecule has 1 aliphatic carbocycles. The van der Waals surface area contributed by atoms with Gasteiger partial charge in [-0.2, -0.15) is 9.97 Å². The maximum absolute atomic E-state index is 17.2. The molecule has 2 aliphatic heterocycles. The molecular weight excluding hydrogens is 684 g/mol. The zero-order valence-corrected chi connectivity index (χ0v) is 32.0. The van der Waals surface area contributed by atoms with E-state index < -0.39 is 31.4 Å². The first-order valence-corrected chi connectivity index (χ1v) is 20.7. The van der Waals surface area contributed by atoms with Crippen molar-refractivity contribution >= 4 is 35.6 Å². The molecule has 4 heterocycles. The molecule has 2 N–H and O–H groups in total. The molecular formula is C40H48F3N5O3Si. The van der Waals surface area contributed by atoms with Crippen LogP contribution in [0.15, 0.2) is 24.3 Å². The number of anilines is 1. The van der Waals surface area contributed by atoms with Crippen molar-refractivity contribution in [1.29, 1.82) is 0 Å². The number of nitrogens with zero attached hydrogens (tertiary/aromatic N) is 4. The molecule has 4 aromatic rings.